The summed E-state index contributed by atoms with van der Waals surface area (Å²) in [6.45, 7) is 0.0177. The molecule has 28 heavy (non-hydrogen) atoms. The van der Waals surface area contributed by atoms with Crippen LogP contribution in [0.15, 0.2) is 42.5 Å². The van der Waals surface area contributed by atoms with Crippen molar-refractivity contribution >= 4 is 17.5 Å². The second-order valence-electron chi connectivity index (χ2n) is 6.52. The highest BCUT2D eigenvalue weighted by atomic mass is 19.4. The molecular formula is C19H15F5N2O2. The fraction of sp³-hybridized carbons (Fsp3) is 0.263. The van der Waals surface area contributed by atoms with Gasteiger partial charge in [-0.2, -0.15) is 13.2 Å². The van der Waals surface area contributed by atoms with Crippen LogP contribution in [-0.4, -0.2) is 30.3 Å². The van der Waals surface area contributed by atoms with Crippen LogP contribution in [-0.2, 0) is 15.8 Å². The molecule has 0 spiro atoms. The van der Waals surface area contributed by atoms with Crippen molar-refractivity contribution in [3.05, 3.63) is 65.2 Å². The topological polar surface area (TPSA) is 49.4 Å². The van der Waals surface area contributed by atoms with E-state index in [9.17, 15) is 31.5 Å². The van der Waals surface area contributed by atoms with E-state index in [1.54, 1.807) is 0 Å². The Balaban J connectivity index is 1.93. The van der Waals surface area contributed by atoms with Gasteiger partial charge < -0.3 is 10.2 Å². The largest absolute Gasteiger partial charge is 0.416 e. The molecule has 148 valence electrons. The monoisotopic (exact) mass is 398 g/mol. The average molecular weight is 398 g/mol. The van der Waals surface area contributed by atoms with E-state index in [1.165, 1.54) is 30.1 Å². The maximum Gasteiger partial charge on any atom is 0.416 e. The summed E-state index contributed by atoms with van der Waals surface area (Å²) in [6.07, 6.45) is -4.58. The summed E-state index contributed by atoms with van der Waals surface area (Å²) in [7, 11) is 1.42. The third kappa shape index (κ3) is 3.69. The summed E-state index contributed by atoms with van der Waals surface area (Å²) in [5.41, 5.74) is -1.19. The molecule has 2 aromatic carbocycles. The number of alkyl halides is 3. The lowest BCUT2D eigenvalue weighted by atomic mass is 9.87. The normalized spacial score (nSPS) is 19.8. The number of anilines is 1. The van der Waals surface area contributed by atoms with Crippen LogP contribution in [0.3, 0.4) is 0 Å². The molecule has 1 saturated heterocycles. The minimum absolute atomic E-state index is 0.0177. The van der Waals surface area contributed by atoms with Gasteiger partial charge in [0, 0.05) is 19.5 Å². The van der Waals surface area contributed by atoms with Crippen molar-refractivity contribution in [2.24, 2.45) is 5.92 Å². The van der Waals surface area contributed by atoms with Crippen LogP contribution in [0, 0.1) is 17.6 Å². The van der Waals surface area contributed by atoms with Crippen LogP contribution in [0.4, 0.5) is 27.6 Å². The number of nitrogens with one attached hydrogen (secondary N) is 1. The zero-order valence-electron chi connectivity index (χ0n) is 14.6. The molecular weight excluding hydrogens is 383 g/mol. The molecule has 0 radical (unpaired) electrons. The van der Waals surface area contributed by atoms with Crippen LogP contribution < -0.4 is 5.32 Å². The molecule has 0 aliphatic carbocycles. The molecule has 1 N–H and O–H groups in total. The first-order valence-corrected chi connectivity index (χ1v) is 8.26. The molecule has 9 heteroatoms. The molecule has 1 aliphatic heterocycles. The maximum absolute atomic E-state index is 13.8. The molecule has 1 heterocycles. The SMILES string of the molecule is CN1C[C@H](c2cccc(C(F)(F)F)c2)[C@@H](C(=O)Nc2cccc(F)c2F)C1=O. The Bertz CT molecular complexity index is 929. The summed E-state index contributed by atoms with van der Waals surface area (Å²) in [6, 6.07) is 7.55. The first-order valence-electron chi connectivity index (χ1n) is 8.26. The predicted octanol–water partition coefficient (Wildman–Crippen LogP) is 3.79. The number of amides is 2. The van der Waals surface area contributed by atoms with Gasteiger partial charge in [0.15, 0.2) is 11.6 Å². The van der Waals surface area contributed by atoms with E-state index in [1.807, 2.05) is 0 Å². The van der Waals surface area contributed by atoms with Crippen molar-refractivity contribution < 1.29 is 31.5 Å². The lowest BCUT2D eigenvalue weighted by Gasteiger charge is -2.18. The Morgan fingerprint density at radius 1 is 1.14 bits per heavy atom. The number of likely N-dealkylation sites (tertiary alicyclic amines) is 1. The van der Waals surface area contributed by atoms with E-state index in [2.05, 4.69) is 5.32 Å². The fourth-order valence-electron chi connectivity index (χ4n) is 3.25. The fourth-order valence-corrected chi connectivity index (χ4v) is 3.25. The summed E-state index contributed by atoms with van der Waals surface area (Å²) < 4.78 is 66.2. The number of nitrogens with zero attached hydrogens (tertiary/aromatic N) is 1. The van der Waals surface area contributed by atoms with E-state index >= 15 is 0 Å². The number of rotatable bonds is 3. The minimum Gasteiger partial charge on any atom is -0.344 e. The molecule has 4 nitrogen and oxygen atoms in total. The summed E-state index contributed by atoms with van der Waals surface area (Å²) in [5, 5.41) is 2.16. The predicted molar refractivity (Wildman–Crippen MR) is 90.3 cm³/mol. The Morgan fingerprint density at radius 3 is 2.50 bits per heavy atom. The van der Waals surface area contributed by atoms with Crippen molar-refractivity contribution in [3.8, 4) is 0 Å². The average Bonchev–Trinajstić information content (AvgIpc) is 2.93. The Hall–Kier alpha value is -2.97. The van der Waals surface area contributed by atoms with E-state index in [-0.39, 0.29) is 12.1 Å². The van der Waals surface area contributed by atoms with Gasteiger partial charge in [0.05, 0.1) is 11.3 Å². The van der Waals surface area contributed by atoms with Gasteiger partial charge in [-0.1, -0.05) is 24.3 Å². The van der Waals surface area contributed by atoms with Crippen molar-refractivity contribution in [2.45, 2.75) is 12.1 Å². The standard InChI is InChI=1S/C19H15F5N2O2/c1-26-9-12(10-4-2-5-11(8-10)19(22,23)24)15(18(26)28)17(27)25-14-7-3-6-13(20)16(14)21/h2-8,12,15H,9H2,1H3,(H,25,27)/t12-,15+/m1/s1. The molecule has 0 unspecified atom stereocenters. The van der Waals surface area contributed by atoms with E-state index in [0.717, 1.165) is 24.3 Å². The van der Waals surface area contributed by atoms with Crippen LogP contribution in [0.25, 0.3) is 0 Å². The third-order valence-corrected chi connectivity index (χ3v) is 4.65. The van der Waals surface area contributed by atoms with Crippen molar-refractivity contribution in [2.75, 3.05) is 18.9 Å². The molecule has 3 rings (SSSR count). The smallest absolute Gasteiger partial charge is 0.344 e. The number of hydrogen-bond donors (Lipinski definition) is 1. The van der Waals surface area contributed by atoms with Gasteiger partial charge in [0.25, 0.3) is 0 Å². The quantitative estimate of drug-likeness (QED) is 0.632. The van der Waals surface area contributed by atoms with Crippen LogP contribution >= 0.6 is 0 Å². The molecule has 2 atom stereocenters. The number of carbonyl (C=O) groups is 2. The molecule has 0 aromatic heterocycles. The Kier molecular flexibility index (Phi) is 5.10. The van der Waals surface area contributed by atoms with Gasteiger partial charge in [-0.3, -0.25) is 9.59 Å². The number of halogens is 5. The molecule has 1 fully saturated rings. The number of hydrogen-bond acceptors (Lipinski definition) is 2. The molecule has 2 amide bonds. The second kappa shape index (κ2) is 7.21. The highest BCUT2D eigenvalue weighted by Crippen LogP contribution is 2.37. The number of carbonyl (C=O) groups excluding carboxylic acids is 2. The lowest BCUT2D eigenvalue weighted by Crippen LogP contribution is -2.33. The van der Waals surface area contributed by atoms with Gasteiger partial charge in [-0.25, -0.2) is 8.78 Å². The third-order valence-electron chi connectivity index (χ3n) is 4.65. The molecule has 2 aromatic rings. The summed E-state index contributed by atoms with van der Waals surface area (Å²) >= 11 is 0. The van der Waals surface area contributed by atoms with Gasteiger partial charge in [-0.15, -0.1) is 0 Å². The van der Waals surface area contributed by atoms with Crippen molar-refractivity contribution in [3.63, 3.8) is 0 Å². The Labute approximate surface area is 156 Å². The maximum atomic E-state index is 13.8. The molecule has 1 aliphatic rings. The van der Waals surface area contributed by atoms with Crippen molar-refractivity contribution in [1.29, 1.82) is 0 Å². The van der Waals surface area contributed by atoms with E-state index in [0.29, 0.717) is 0 Å². The van der Waals surface area contributed by atoms with Crippen LogP contribution in [0.5, 0.6) is 0 Å². The van der Waals surface area contributed by atoms with Gasteiger partial charge >= 0.3 is 6.18 Å². The van der Waals surface area contributed by atoms with E-state index in [4.69, 9.17) is 0 Å². The molecule has 0 saturated carbocycles. The van der Waals surface area contributed by atoms with Gasteiger partial charge in [0.2, 0.25) is 11.8 Å². The summed E-state index contributed by atoms with van der Waals surface area (Å²) in [4.78, 5) is 26.3. The zero-order chi connectivity index (χ0) is 20.6. The van der Waals surface area contributed by atoms with Crippen LogP contribution in [0.2, 0.25) is 0 Å². The van der Waals surface area contributed by atoms with Crippen LogP contribution in [0.1, 0.15) is 17.0 Å². The summed E-state index contributed by atoms with van der Waals surface area (Å²) in [5.74, 6) is -6.22. The zero-order valence-corrected chi connectivity index (χ0v) is 14.6. The minimum atomic E-state index is -4.58. The Morgan fingerprint density at radius 2 is 1.82 bits per heavy atom. The number of benzene rings is 2. The lowest BCUT2D eigenvalue weighted by molar-refractivity contribution is -0.137. The first-order chi connectivity index (χ1) is 13.1. The highest BCUT2D eigenvalue weighted by molar-refractivity contribution is 6.08. The second-order valence-corrected chi connectivity index (χ2v) is 6.52. The van der Waals surface area contributed by atoms with Crippen molar-refractivity contribution in [1.82, 2.24) is 4.90 Å². The number of likely N-dealkylation sites (N-methyl/N-ethyl adjacent to an activating group) is 1. The van der Waals surface area contributed by atoms with Gasteiger partial charge in [0.1, 0.15) is 5.92 Å². The highest BCUT2D eigenvalue weighted by Gasteiger charge is 2.45. The van der Waals surface area contributed by atoms with E-state index < -0.39 is 52.7 Å². The first kappa shape index (κ1) is 19.8. The molecule has 0 bridgehead atoms. The van der Waals surface area contributed by atoms with Gasteiger partial charge in [-0.05, 0) is 23.8 Å².